The minimum atomic E-state index is -0.392. The zero-order valence-electron chi connectivity index (χ0n) is 11.8. The van der Waals surface area contributed by atoms with Gasteiger partial charge in [0.25, 0.3) is 5.69 Å². The first-order valence-electron chi connectivity index (χ1n) is 6.54. The van der Waals surface area contributed by atoms with Gasteiger partial charge in [0.05, 0.1) is 27.1 Å². The normalized spacial score (nSPS) is 11.4. The summed E-state index contributed by atoms with van der Waals surface area (Å²) >= 11 is 5.13. The smallest absolute Gasteiger partial charge is 0.270 e. The minimum absolute atomic E-state index is 0.0866. The molecule has 0 saturated carbocycles. The van der Waals surface area contributed by atoms with E-state index >= 15 is 0 Å². The lowest BCUT2D eigenvalue weighted by Gasteiger charge is -2.16. The largest absolute Gasteiger partial charge is 0.283 e. The molecule has 3 rings (SSSR count). The van der Waals surface area contributed by atoms with Gasteiger partial charge in [-0.2, -0.15) is 5.10 Å². The summed E-state index contributed by atoms with van der Waals surface area (Å²) in [5, 5.41) is 18.0. The molecule has 2 heterocycles. The van der Waals surface area contributed by atoms with Crippen molar-refractivity contribution in [2.24, 2.45) is 0 Å². The number of halogens is 1. The third kappa shape index (κ3) is 3.18. The average Bonchev–Trinajstić information content (AvgIpc) is 3.05. The van der Waals surface area contributed by atoms with E-state index in [9.17, 15) is 10.1 Å². The number of hydrogen-bond donors (Lipinski definition) is 0. The summed E-state index contributed by atoms with van der Waals surface area (Å²) in [4.78, 5) is 12.6. The number of nitro groups is 1. The standard InChI is InChI=1S/C14H13BrN4O2S/c1-17(7-10-4-14(15)22-8-10)9-18-13-3-2-12(19(20)21)5-11(13)6-16-18/h2-6,8H,7,9H2,1H3. The first-order chi connectivity index (χ1) is 10.5. The van der Waals surface area contributed by atoms with Crippen LogP contribution in [0.4, 0.5) is 5.69 Å². The molecule has 0 fully saturated rings. The van der Waals surface area contributed by atoms with E-state index in [-0.39, 0.29) is 5.69 Å². The van der Waals surface area contributed by atoms with Crippen molar-refractivity contribution in [2.45, 2.75) is 13.2 Å². The van der Waals surface area contributed by atoms with Gasteiger partial charge in [-0.3, -0.25) is 19.7 Å². The predicted molar refractivity (Wildman–Crippen MR) is 89.9 cm³/mol. The van der Waals surface area contributed by atoms with Gasteiger partial charge in [-0.1, -0.05) is 0 Å². The third-order valence-electron chi connectivity index (χ3n) is 3.29. The molecule has 0 aliphatic carbocycles. The molecular weight excluding hydrogens is 368 g/mol. The molecule has 0 amide bonds. The molecule has 0 spiro atoms. The van der Waals surface area contributed by atoms with Gasteiger partial charge in [-0.25, -0.2) is 0 Å². The van der Waals surface area contributed by atoms with Crippen molar-refractivity contribution < 1.29 is 4.92 Å². The van der Waals surface area contributed by atoms with Crippen LogP contribution >= 0.6 is 27.3 Å². The first-order valence-corrected chi connectivity index (χ1v) is 8.21. The van der Waals surface area contributed by atoms with Gasteiger partial charge in [0, 0.05) is 24.1 Å². The summed E-state index contributed by atoms with van der Waals surface area (Å²) in [6.45, 7) is 1.44. The minimum Gasteiger partial charge on any atom is -0.283 e. The Balaban J connectivity index is 1.77. The topological polar surface area (TPSA) is 64.2 Å². The first kappa shape index (κ1) is 15.1. The Hall–Kier alpha value is -1.77. The van der Waals surface area contributed by atoms with E-state index in [0.29, 0.717) is 6.67 Å². The van der Waals surface area contributed by atoms with Crippen LogP contribution in [0.25, 0.3) is 10.9 Å². The Bertz CT molecular complexity index is 829. The van der Waals surface area contributed by atoms with Crippen molar-refractivity contribution in [3.63, 3.8) is 0 Å². The molecule has 0 atom stereocenters. The van der Waals surface area contributed by atoms with Gasteiger partial charge in [-0.15, -0.1) is 11.3 Å². The van der Waals surface area contributed by atoms with Gasteiger partial charge < -0.3 is 0 Å². The highest BCUT2D eigenvalue weighted by Gasteiger charge is 2.11. The van der Waals surface area contributed by atoms with Gasteiger partial charge in [0.15, 0.2) is 0 Å². The molecule has 0 radical (unpaired) electrons. The average molecular weight is 381 g/mol. The zero-order chi connectivity index (χ0) is 15.7. The summed E-state index contributed by atoms with van der Waals surface area (Å²) in [6, 6.07) is 6.91. The fraction of sp³-hybridized carbons (Fsp3) is 0.214. The van der Waals surface area contributed by atoms with E-state index in [1.807, 2.05) is 11.7 Å². The van der Waals surface area contributed by atoms with Crippen LogP contribution in [0.3, 0.4) is 0 Å². The SMILES string of the molecule is CN(Cc1csc(Br)c1)Cn1ncc2cc([N+](=O)[O-])ccc21. The molecule has 0 aliphatic heterocycles. The number of aromatic nitrogens is 2. The number of nitro benzene ring substituents is 1. The molecular formula is C14H13BrN4O2S. The van der Waals surface area contributed by atoms with Crippen LogP contribution in [0.15, 0.2) is 39.6 Å². The van der Waals surface area contributed by atoms with Crippen LogP contribution < -0.4 is 0 Å². The molecule has 22 heavy (non-hydrogen) atoms. The highest BCUT2D eigenvalue weighted by molar-refractivity contribution is 9.11. The van der Waals surface area contributed by atoms with Crippen molar-refractivity contribution in [3.05, 3.63) is 55.3 Å². The molecule has 114 valence electrons. The summed E-state index contributed by atoms with van der Waals surface area (Å²) in [7, 11) is 2.02. The molecule has 2 aromatic heterocycles. The van der Waals surface area contributed by atoms with E-state index in [4.69, 9.17) is 0 Å². The fourth-order valence-electron chi connectivity index (χ4n) is 2.32. The number of non-ortho nitro benzene ring substituents is 1. The molecule has 3 aromatic rings. The predicted octanol–water partition coefficient (Wildman–Crippen LogP) is 3.86. The van der Waals surface area contributed by atoms with Crippen LogP contribution in [-0.2, 0) is 13.2 Å². The van der Waals surface area contributed by atoms with Crippen LogP contribution in [-0.4, -0.2) is 26.7 Å². The maximum absolute atomic E-state index is 10.8. The summed E-state index contributed by atoms with van der Waals surface area (Å²) in [5.74, 6) is 0. The van der Waals surface area contributed by atoms with E-state index < -0.39 is 4.92 Å². The molecule has 8 heteroatoms. The third-order valence-corrected chi connectivity index (χ3v) is 4.84. The maximum atomic E-state index is 10.8. The van der Waals surface area contributed by atoms with Crippen molar-refractivity contribution in [1.29, 1.82) is 0 Å². The Morgan fingerprint density at radius 3 is 2.95 bits per heavy atom. The van der Waals surface area contributed by atoms with Crippen LogP contribution in [0, 0.1) is 10.1 Å². The molecule has 0 saturated heterocycles. The maximum Gasteiger partial charge on any atom is 0.270 e. The second-order valence-corrected chi connectivity index (χ2v) is 7.35. The Morgan fingerprint density at radius 2 is 2.27 bits per heavy atom. The monoisotopic (exact) mass is 380 g/mol. The molecule has 6 nitrogen and oxygen atoms in total. The van der Waals surface area contributed by atoms with Crippen LogP contribution in [0.1, 0.15) is 5.56 Å². The number of benzene rings is 1. The zero-order valence-corrected chi connectivity index (χ0v) is 14.2. The lowest BCUT2D eigenvalue weighted by Crippen LogP contribution is -2.21. The molecule has 1 aromatic carbocycles. The van der Waals surface area contributed by atoms with E-state index in [0.717, 1.165) is 21.2 Å². The van der Waals surface area contributed by atoms with Crippen molar-refractivity contribution in [1.82, 2.24) is 14.7 Å². The van der Waals surface area contributed by atoms with Crippen LogP contribution in [0.2, 0.25) is 0 Å². The number of nitrogens with zero attached hydrogens (tertiary/aromatic N) is 4. The summed E-state index contributed by atoms with van der Waals surface area (Å²) < 4.78 is 2.97. The Morgan fingerprint density at radius 1 is 1.45 bits per heavy atom. The van der Waals surface area contributed by atoms with Crippen molar-refractivity contribution in [2.75, 3.05) is 7.05 Å². The molecule has 0 bridgehead atoms. The Labute approximate surface area is 139 Å². The second-order valence-electron chi connectivity index (χ2n) is 5.06. The van der Waals surface area contributed by atoms with E-state index in [1.54, 1.807) is 29.7 Å². The Kier molecular flexibility index (Phi) is 4.23. The van der Waals surface area contributed by atoms with Gasteiger partial charge >= 0.3 is 0 Å². The number of rotatable bonds is 5. The van der Waals surface area contributed by atoms with E-state index in [2.05, 4.69) is 37.4 Å². The quantitative estimate of drug-likeness (QED) is 0.497. The second kappa shape index (κ2) is 6.15. The van der Waals surface area contributed by atoms with Gasteiger partial charge in [0.1, 0.15) is 0 Å². The lowest BCUT2D eigenvalue weighted by atomic mass is 10.2. The molecule has 0 unspecified atom stereocenters. The number of thiophene rings is 1. The number of fused-ring (bicyclic) bond motifs is 1. The fourth-order valence-corrected chi connectivity index (χ4v) is 3.52. The van der Waals surface area contributed by atoms with E-state index in [1.165, 1.54) is 11.6 Å². The number of hydrogen-bond acceptors (Lipinski definition) is 5. The van der Waals surface area contributed by atoms with Crippen molar-refractivity contribution >= 4 is 43.9 Å². The van der Waals surface area contributed by atoms with Gasteiger partial charge in [-0.05, 0) is 46.1 Å². The highest BCUT2D eigenvalue weighted by Crippen LogP contribution is 2.23. The van der Waals surface area contributed by atoms with Crippen LogP contribution in [0.5, 0.6) is 0 Å². The molecule has 0 aliphatic rings. The van der Waals surface area contributed by atoms with Crippen molar-refractivity contribution in [3.8, 4) is 0 Å². The van der Waals surface area contributed by atoms with Gasteiger partial charge in [0.2, 0.25) is 0 Å². The lowest BCUT2D eigenvalue weighted by molar-refractivity contribution is -0.384. The summed E-state index contributed by atoms with van der Waals surface area (Å²) in [5.41, 5.74) is 2.22. The molecule has 0 N–H and O–H groups in total. The highest BCUT2D eigenvalue weighted by atomic mass is 79.9. The summed E-state index contributed by atoms with van der Waals surface area (Å²) in [6.07, 6.45) is 1.66.